The summed E-state index contributed by atoms with van der Waals surface area (Å²) >= 11 is 0. The molecule has 0 amide bonds. The topological polar surface area (TPSA) is 29.5 Å². The molecule has 0 spiro atoms. The number of aliphatic hydroxyl groups is 1. The van der Waals surface area contributed by atoms with Crippen LogP contribution in [0.2, 0.25) is 0 Å². The molecule has 0 atom stereocenters. The van der Waals surface area contributed by atoms with E-state index in [-0.39, 0.29) is 6.61 Å². The first-order valence-electron chi connectivity index (χ1n) is 5.26. The Morgan fingerprint density at radius 2 is 2.33 bits per heavy atom. The third kappa shape index (κ3) is 2.31. The number of benzene rings is 1. The summed E-state index contributed by atoms with van der Waals surface area (Å²) in [4.78, 5) is 0. The number of rotatable bonds is 2. The van der Waals surface area contributed by atoms with Gasteiger partial charge in [-0.1, -0.05) is 24.0 Å². The first kappa shape index (κ1) is 10.1. The van der Waals surface area contributed by atoms with E-state index < -0.39 is 0 Å². The summed E-state index contributed by atoms with van der Waals surface area (Å²) in [5.41, 5.74) is 2.23. The monoisotopic (exact) mass is 202 g/mol. The average molecular weight is 202 g/mol. The summed E-state index contributed by atoms with van der Waals surface area (Å²) < 4.78 is 5.53. The Bertz CT molecular complexity index is 399. The molecule has 1 N–H and O–H groups in total. The molecule has 0 aliphatic carbocycles. The van der Waals surface area contributed by atoms with Crippen LogP contribution in [0, 0.1) is 11.8 Å². The standard InChI is InChI=1S/C13H14O2/c14-9-3-1-2-5-11-6-4-7-12-8-10-15-13(11)12/h4,6-7,14H,1,3,8-10H2. The molecule has 1 aromatic carbocycles. The Kier molecular flexibility index (Phi) is 3.26. The molecule has 1 aromatic rings. The van der Waals surface area contributed by atoms with Gasteiger partial charge in [-0.25, -0.2) is 0 Å². The average Bonchev–Trinajstić information content (AvgIpc) is 2.73. The normalized spacial score (nSPS) is 12.6. The number of ether oxygens (including phenoxy) is 1. The van der Waals surface area contributed by atoms with Gasteiger partial charge in [0.05, 0.1) is 12.2 Å². The van der Waals surface area contributed by atoms with Crippen molar-refractivity contribution in [3.63, 3.8) is 0 Å². The van der Waals surface area contributed by atoms with Gasteiger partial charge in [-0.15, -0.1) is 0 Å². The van der Waals surface area contributed by atoms with Crippen molar-refractivity contribution >= 4 is 0 Å². The number of aliphatic hydroxyl groups excluding tert-OH is 1. The van der Waals surface area contributed by atoms with Crippen molar-refractivity contribution in [3.05, 3.63) is 29.3 Å². The fourth-order valence-corrected chi connectivity index (χ4v) is 1.64. The van der Waals surface area contributed by atoms with E-state index in [1.165, 1.54) is 5.56 Å². The van der Waals surface area contributed by atoms with Gasteiger partial charge in [0.2, 0.25) is 0 Å². The molecule has 1 heterocycles. The first-order valence-corrected chi connectivity index (χ1v) is 5.26. The maximum atomic E-state index is 8.63. The van der Waals surface area contributed by atoms with Crippen LogP contribution in [0.15, 0.2) is 18.2 Å². The smallest absolute Gasteiger partial charge is 0.138 e. The summed E-state index contributed by atoms with van der Waals surface area (Å²) in [6.07, 6.45) is 2.46. The van der Waals surface area contributed by atoms with E-state index in [4.69, 9.17) is 9.84 Å². The van der Waals surface area contributed by atoms with Crippen molar-refractivity contribution in [1.29, 1.82) is 0 Å². The quantitative estimate of drug-likeness (QED) is 0.584. The molecule has 0 aromatic heterocycles. The number of fused-ring (bicyclic) bond motifs is 1. The Hall–Kier alpha value is -1.46. The molecule has 15 heavy (non-hydrogen) atoms. The summed E-state index contributed by atoms with van der Waals surface area (Å²) in [7, 11) is 0. The lowest BCUT2D eigenvalue weighted by Crippen LogP contribution is -1.88. The SMILES string of the molecule is OCCCC#Cc1cccc2c1OCC2. The van der Waals surface area contributed by atoms with Crippen molar-refractivity contribution in [3.8, 4) is 17.6 Å². The minimum Gasteiger partial charge on any atom is -0.492 e. The zero-order chi connectivity index (χ0) is 10.5. The number of hydrogen-bond donors (Lipinski definition) is 1. The molecule has 1 aliphatic rings. The molecule has 2 nitrogen and oxygen atoms in total. The first-order chi connectivity index (χ1) is 7.42. The Morgan fingerprint density at radius 3 is 3.20 bits per heavy atom. The zero-order valence-electron chi connectivity index (χ0n) is 8.62. The molecule has 0 saturated carbocycles. The van der Waals surface area contributed by atoms with Crippen LogP contribution in [0.5, 0.6) is 5.75 Å². The second kappa shape index (κ2) is 4.86. The van der Waals surface area contributed by atoms with Crippen LogP contribution in [0.1, 0.15) is 24.0 Å². The number of unbranched alkanes of at least 4 members (excludes halogenated alkanes) is 1. The minimum absolute atomic E-state index is 0.206. The van der Waals surface area contributed by atoms with Gasteiger partial charge in [0.1, 0.15) is 5.75 Å². The Morgan fingerprint density at radius 1 is 1.40 bits per heavy atom. The summed E-state index contributed by atoms with van der Waals surface area (Å²) in [6, 6.07) is 6.08. The second-order valence-corrected chi connectivity index (χ2v) is 3.52. The maximum Gasteiger partial charge on any atom is 0.138 e. The second-order valence-electron chi connectivity index (χ2n) is 3.52. The molecular formula is C13H14O2. The predicted molar refractivity (Wildman–Crippen MR) is 58.8 cm³/mol. The highest BCUT2D eigenvalue weighted by Gasteiger charge is 2.14. The Balaban J connectivity index is 2.14. The number of para-hydroxylation sites is 1. The van der Waals surface area contributed by atoms with Gasteiger partial charge in [-0.3, -0.25) is 0 Å². The van der Waals surface area contributed by atoms with Gasteiger partial charge in [0.25, 0.3) is 0 Å². The van der Waals surface area contributed by atoms with Crippen LogP contribution in [0.3, 0.4) is 0 Å². The van der Waals surface area contributed by atoms with Gasteiger partial charge in [0.15, 0.2) is 0 Å². The van der Waals surface area contributed by atoms with Crippen molar-refractivity contribution in [2.75, 3.05) is 13.2 Å². The molecule has 2 rings (SSSR count). The van der Waals surface area contributed by atoms with E-state index in [1.54, 1.807) is 0 Å². The van der Waals surface area contributed by atoms with Crippen LogP contribution >= 0.6 is 0 Å². The van der Waals surface area contributed by atoms with Gasteiger partial charge in [0, 0.05) is 19.4 Å². The third-order valence-electron chi connectivity index (χ3n) is 2.40. The van der Waals surface area contributed by atoms with E-state index in [1.807, 2.05) is 12.1 Å². The lowest BCUT2D eigenvalue weighted by atomic mass is 10.1. The maximum absolute atomic E-state index is 8.63. The highest BCUT2D eigenvalue weighted by atomic mass is 16.5. The van der Waals surface area contributed by atoms with Gasteiger partial charge in [-0.2, -0.15) is 0 Å². The van der Waals surface area contributed by atoms with E-state index in [0.29, 0.717) is 0 Å². The minimum atomic E-state index is 0.206. The summed E-state index contributed by atoms with van der Waals surface area (Å²) in [5, 5.41) is 8.63. The molecule has 1 aliphatic heterocycles. The largest absolute Gasteiger partial charge is 0.492 e. The molecule has 0 bridgehead atoms. The van der Waals surface area contributed by atoms with Gasteiger partial charge in [-0.05, 0) is 18.1 Å². The number of hydrogen-bond acceptors (Lipinski definition) is 2. The fourth-order valence-electron chi connectivity index (χ4n) is 1.64. The molecule has 78 valence electrons. The summed E-state index contributed by atoms with van der Waals surface area (Å²) in [5.74, 6) is 7.09. The predicted octanol–water partition coefficient (Wildman–Crippen LogP) is 1.75. The van der Waals surface area contributed by atoms with Gasteiger partial charge >= 0.3 is 0 Å². The van der Waals surface area contributed by atoms with Crippen molar-refractivity contribution in [1.82, 2.24) is 0 Å². The van der Waals surface area contributed by atoms with E-state index in [9.17, 15) is 0 Å². The molecule has 0 saturated heterocycles. The lowest BCUT2D eigenvalue weighted by Gasteiger charge is -2.00. The van der Waals surface area contributed by atoms with Crippen LogP contribution < -0.4 is 4.74 Å². The zero-order valence-corrected chi connectivity index (χ0v) is 8.62. The fraction of sp³-hybridized carbons (Fsp3) is 0.385. The van der Waals surface area contributed by atoms with Crippen LogP contribution in [-0.2, 0) is 6.42 Å². The third-order valence-corrected chi connectivity index (χ3v) is 2.40. The Labute approximate surface area is 89.9 Å². The van der Waals surface area contributed by atoms with E-state index >= 15 is 0 Å². The van der Waals surface area contributed by atoms with Crippen LogP contribution in [0.25, 0.3) is 0 Å². The van der Waals surface area contributed by atoms with Crippen LogP contribution in [-0.4, -0.2) is 18.3 Å². The molecule has 0 radical (unpaired) electrons. The van der Waals surface area contributed by atoms with E-state index in [0.717, 1.165) is 37.2 Å². The highest BCUT2D eigenvalue weighted by Crippen LogP contribution is 2.28. The van der Waals surface area contributed by atoms with Gasteiger partial charge < -0.3 is 9.84 Å². The highest BCUT2D eigenvalue weighted by molar-refractivity contribution is 5.52. The molecular weight excluding hydrogens is 188 g/mol. The molecule has 2 heteroatoms. The summed E-state index contributed by atoms with van der Waals surface area (Å²) in [6.45, 7) is 0.975. The van der Waals surface area contributed by atoms with Crippen molar-refractivity contribution in [2.24, 2.45) is 0 Å². The van der Waals surface area contributed by atoms with Crippen molar-refractivity contribution < 1.29 is 9.84 Å². The van der Waals surface area contributed by atoms with E-state index in [2.05, 4.69) is 17.9 Å². The lowest BCUT2D eigenvalue weighted by molar-refractivity contribution is 0.290. The molecule has 0 fully saturated rings. The molecule has 0 unspecified atom stereocenters. The van der Waals surface area contributed by atoms with Crippen molar-refractivity contribution in [2.45, 2.75) is 19.3 Å². The van der Waals surface area contributed by atoms with Crippen LogP contribution in [0.4, 0.5) is 0 Å².